The minimum Gasteiger partial charge on any atom is -0.431 e. The highest BCUT2D eigenvalue weighted by atomic mass is 32.1. The minimum absolute atomic E-state index is 0.00348. The first-order valence-corrected chi connectivity index (χ1v) is 6.72. The summed E-state index contributed by atoms with van der Waals surface area (Å²) in [6.45, 7) is 0. The SMILES string of the molecule is O=C(c1ncc[nH]1)N(C(=S)S)N(C(=S)S)c1ncco1. The fourth-order valence-electron chi connectivity index (χ4n) is 1.32. The summed E-state index contributed by atoms with van der Waals surface area (Å²) in [5.41, 5.74) is 0. The number of thiocarbonyl (C=S) groups is 2. The molecule has 0 aliphatic rings. The summed E-state index contributed by atoms with van der Waals surface area (Å²) in [6.07, 6.45) is 5.65. The predicted octanol–water partition coefficient (Wildman–Crippen LogP) is 1.69. The molecule has 2 rings (SSSR count). The van der Waals surface area contributed by atoms with Gasteiger partial charge >= 0.3 is 11.9 Å². The number of carbonyl (C=O) groups excluding carboxylic acids is 1. The maximum absolute atomic E-state index is 12.4. The molecule has 104 valence electrons. The van der Waals surface area contributed by atoms with Crippen LogP contribution in [0.3, 0.4) is 0 Å². The Morgan fingerprint density at radius 2 is 2.00 bits per heavy atom. The Balaban J connectivity index is 2.43. The molecular formula is C9H7N5O2S4. The molecule has 0 unspecified atom stereocenters. The first-order chi connectivity index (χ1) is 9.52. The van der Waals surface area contributed by atoms with Gasteiger partial charge in [-0.25, -0.2) is 9.97 Å². The van der Waals surface area contributed by atoms with E-state index in [1.165, 1.54) is 24.9 Å². The molecule has 7 nitrogen and oxygen atoms in total. The van der Waals surface area contributed by atoms with Crippen molar-refractivity contribution in [2.75, 3.05) is 5.01 Å². The molecule has 20 heavy (non-hydrogen) atoms. The number of imidazole rings is 1. The lowest BCUT2D eigenvalue weighted by atomic mass is 10.5. The predicted molar refractivity (Wildman–Crippen MR) is 86.9 cm³/mol. The minimum atomic E-state index is -0.579. The third kappa shape index (κ3) is 3.00. The monoisotopic (exact) mass is 345 g/mol. The number of hydrogen-bond acceptors (Lipinski definition) is 6. The first-order valence-electron chi connectivity index (χ1n) is 5.01. The van der Waals surface area contributed by atoms with Crippen LogP contribution in [0.4, 0.5) is 6.01 Å². The second kappa shape index (κ2) is 6.35. The number of aromatic nitrogens is 3. The third-order valence-electron chi connectivity index (χ3n) is 2.06. The van der Waals surface area contributed by atoms with Gasteiger partial charge in [-0.1, -0.05) is 24.4 Å². The summed E-state index contributed by atoms with van der Waals surface area (Å²) in [5.74, 6) is -0.521. The van der Waals surface area contributed by atoms with Crippen molar-refractivity contribution in [3.63, 3.8) is 0 Å². The zero-order chi connectivity index (χ0) is 14.7. The van der Waals surface area contributed by atoms with E-state index < -0.39 is 5.91 Å². The average molecular weight is 345 g/mol. The van der Waals surface area contributed by atoms with Gasteiger partial charge in [0.25, 0.3) is 0 Å². The van der Waals surface area contributed by atoms with Crippen molar-refractivity contribution in [2.45, 2.75) is 0 Å². The Hall–Kier alpha value is -1.43. The van der Waals surface area contributed by atoms with Crippen LogP contribution in [-0.4, -0.2) is 34.5 Å². The summed E-state index contributed by atoms with van der Waals surface area (Å²) in [6, 6.07) is 0.0290. The van der Waals surface area contributed by atoms with Crippen LogP contribution in [0.1, 0.15) is 10.6 Å². The highest BCUT2D eigenvalue weighted by Crippen LogP contribution is 2.19. The van der Waals surface area contributed by atoms with Crippen LogP contribution in [0.5, 0.6) is 0 Å². The zero-order valence-corrected chi connectivity index (χ0v) is 13.0. The Bertz CT molecular complexity index is 627. The number of aromatic amines is 1. The lowest BCUT2D eigenvalue weighted by Crippen LogP contribution is -2.50. The largest absolute Gasteiger partial charge is 0.431 e. The molecule has 11 heteroatoms. The number of amides is 1. The quantitative estimate of drug-likeness (QED) is 0.434. The number of oxazole rings is 1. The maximum atomic E-state index is 12.4. The van der Waals surface area contributed by atoms with Crippen LogP contribution in [0.2, 0.25) is 0 Å². The lowest BCUT2D eigenvalue weighted by molar-refractivity contribution is 0.0842. The smallest absolute Gasteiger partial charge is 0.323 e. The molecule has 2 heterocycles. The Labute approximate surface area is 135 Å². The van der Waals surface area contributed by atoms with Crippen molar-refractivity contribution < 1.29 is 9.21 Å². The average Bonchev–Trinajstić information content (AvgIpc) is 3.06. The van der Waals surface area contributed by atoms with Gasteiger partial charge in [0.1, 0.15) is 6.26 Å². The van der Waals surface area contributed by atoms with Gasteiger partial charge in [0.05, 0.1) is 6.20 Å². The van der Waals surface area contributed by atoms with Gasteiger partial charge in [0.2, 0.25) is 0 Å². The molecule has 1 N–H and O–H groups in total. The van der Waals surface area contributed by atoms with Crippen molar-refractivity contribution >= 4 is 70.3 Å². The Kier molecular flexibility index (Phi) is 4.75. The second-order valence-corrected chi connectivity index (χ2v) is 5.47. The summed E-state index contributed by atoms with van der Waals surface area (Å²) in [7, 11) is 0. The van der Waals surface area contributed by atoms with Crippen molar-refractivity contribution in [3.8, 4) is 0 Å². The van der Waals surface area contributed by atoms with E-state index in [9.17, 15) is 4.79 Å². The van der Waals surface area contributed by atoms with Gasteiger partial charge in [-0.3, -0.25) is 4.79 Å². The first kappa shape index (κ1) is 15.0. The molecule has 0 radical (unpaired) electrons. The number of hydrazine groups is 1. The third-order valence-corrected chi connectivity index (χ3v) is 2.78. The second-order valence-electron chi connectivity index (χ2n) is 3.25. The summed E-state index contributed by atoms with van der Waals surface area (Å²) >= 11 is 18.0. The standard InChI is InChI=1S/C9H7N5O2S4/c15-6(5-10-1-2-11-5)13(8(17)18)14(9(19)20)7-12-3-4-16-7/h1-4H,(H,10,11)(H,17,18)(H,19,20). The highest BCUT2D eigenvalue weighted by molar-refractivity contribution is 8.12. The number of hydrogen-bond donors (Lipinski definition) is 3. The van der Waals surface area contributed by atoms with Gasteiger partial charge < -0.3 is 9.40 Å². The molecule has 0 bridgehead atoms. The number of nitrogens with zero attached hydrogens (tertiary/aromatic N) is 4. The number of anilines is 1. The number of thiol groups is 2. The molecular weight excluding hydrogens is 338 g/mol. The molecule has 0 fully saturated rings. The topological polar surface area (TPSA) is 78.3 Å². The van der Waals surface area contributed by atoms with E-state index in [4.69, 9.17) is 28.9 Å². The normalized spacial score (nSPS) is 10.1. The van der Waals surface area contributed by atoms with Crippen LogP contribution >= 0.6 is 49.7 Å². The molecule has 2 aromatic rings. The number of rotatable bonds is 2. The van der Waals surface area contributed by atoms with E-state index in [0.717, 1.165) is 10.0 Å². The van der Waals surface area contributed by atoms with Gasteiger partial charge in [-0.15, -0.1) is 25.3 Å². The van der Waals surface area contributed by atoms with E-state index in [-0.39, 0.29) is 20.5 Å². The Morgan fingerprint density at radius 1 is 1.25 bits per heavy atom. The van der Waals surface area contributed by atoms with Crippen LogP contribution in [0.15, 0.2) is 29.3 Å². The Morgan fingerprint density at radius 3 is 2.45 bits per heavy atom. The summed E-state index contributed by atoms with van der Waals surface area (Å²) < 4.78 is 5.05. The van der Waals surface area contributed by atoms with Gasteiger partial charge in [-0.2, -0.15) is 10.0 Å². The molecule has 2 aromatic heterocycles. The van der Waals surface area contributed by atoms with Crippen molar-refractivity contribution in [1.29, 1.82) is 0 Å². The van der Waals surface area contributed by atoms with E-state index in [1.807, 2.05) is 0 Å². The summed E-state index contributed by atoms with van der Waals surface area (Å²) in [5, 5.41) is 2.08. The van der Waals surface area contributed by atoms with Gasteiger partial charge in [0.15, 0.2) is 14.5 Å². The van der Waals surface area contributed by atoms with Crippen LogP contribution in [-0.2, 0) is 0 Å². The fraction of sp³-hybridized carbons (Fsp3) is 0. The fourth-order valence-corrected chi connectivity index (χ4v) is 2.00. The maximum Gasteiger partial charge on any atom is 0.323 e. The molecule has 0 spiro atoms. The molecule has 0 saturated heterocycles. The molecule has 0 aliphatic carbocycles. The van der Waals surface area contributed by atoms with Crippen molar-refractivity contribution in [2.24, 2.45) is 0 Å². The van der Waals surface area contributed by atoms with E-state index >= 15 is 0 Å². The summed E-state index contributed by atoms with van der Waals surface area (Å²) in [4.78, 5) is 22.8. The molecule has 0 atom stereocenters. The lowest BCUT2D eigenvalue weighted by Gasteiger charge is -2.29. The highest BCUT2D eigenvalue weighted by Gasteiger charge is 2.31. The van der Waals surface area contributed by atoms with E-state index in [2.05, 4.69) is 40.2 Å². The van der Waals surface area contributed by atoms with Crippen molar-refractivity contribution in [1.82, 2.24) is 20.0 Å². The van der Waals surface area contributed by atoms with E-state index in [0.29, 0.717) is 0 Å². The van der Waals surface area contributed by atoms with E-state index in [1.54, 1.807) is 0 Å². The van der Waals surface area contributed by atoms with Gasteiger partial charge in [-0.05, 0) is 0 Å². The zero-order valence-electron chi connectivity index (χ0n) is 9.63. The molecule has 1 amide bonds. The number of carbonyl (C=O) groups is 1. The van der Waals surface area contributed by atoms with Crippen LogP contribution < -0.4 is 5.01 Å². The number of H-pyrrole nitrogens is 1. The molecule has 0 saturated carbocycles. The van der Waals surface area contributed by atoms with Crippen LogP contribution in [0.25, 0.3) is 0 Å². The van der Waals surface area contributed by atoms with Gasteiger partial charge in [0, 0.05) is 12.4 Å². The number of nitrogens with one attached hydrogen (secondary N) is 1. The van der Waals surface area contributed by atoms with Crippen molar-refractivity contribution in [3.05, 3.63) is 30.7 Å². The van der Waals surface area contributed by atoms with Crippen LogP contribution in [0, 0.1) is 0 Å². The molecule has 0 aromatic carbocycles. The molecule has 0 aliphatic heterocycles.